The second kappa shape index (κ2) is 6.75. The molecule has 2 rings (SSSR count). The standard InChI is InChI=1S/C15H17N3O4/c1-20-11-5-4-9(6-12(11)21-2)7-13-17-8-10(14(16)18-13)15(19)22-3/h4-6,8H,7H2,1-3H3,(H2,16,17,18). The van der Waals surface area contributed by atoms with Gasteiger partial charge in [-0.3, -0.25) is 0 Å². The van der Waals surface area contributed by atoms with Gasteiger partial charge in [-0.2, -0.15) is 0 Å². The summed E-state index contributed by atoms with van der Waals surface area (Å²) in [7, 11) is 4.42. The molecule has 116 valence electrons. The van der Waals surface area contributed by atoms with E-state index in [-0.39, 0.29) is 11.4 Å². The van der Waals surface area contributed by atoms with Crippen molar-refractivity contribution in [1.29, 1.82) is 0 Å². The van der Waals surface area contributed by atoms with Crippen molar-refractivity contribution in [2.45, 2.75) is 6.42 Å². The number of esters is 1. The molecule has 0 bridgehead atoms. The van der Waals surface area contributed by atoms with E-state index in [9.17, 15) is 4.79 Å². The Morgan fingerprint density at radius 3 is 2.50 bits per heavy atom. The summed E-state index contributed by atoms with van der Waals surface area (Å²) >= 11 is 0. The Bertz CT molecular complexity index is 688. The van der Waals surface area contributed by atoms with Crippen LogP contribution >= 0.6 is 0 Å². The molecule has 0 aliphatic rings. The number of aromatic nitrogens is 2. The van der Waals surface area contributed by atoms with Crippen molar-refractivity contribution < 1.29 is 19.0 Å². The summed E-state index contributed by atoms with van der Waals surface area (Å²) in [5.74, 6) is 1.30. The number of ether oxygens (including phenoxy) is 3. The van der Waals surface area contributed by atoms with Crippen molar-refractivity contribution >= 4 is 11.8 Å². The molecule has 0 atom stereocenters. The Hall–Kier alpha value is -2.83. The fourth-order valence-corrected chi connectivity index (χ4v) is 1.96. The van der Waals surface area contributed by atoms with E-state index in [2.05, 4.69) is 14.7 Å². The molecule has 0 spiro atoms. The topological polar surface area (TPSA) is 96.6 Å². The zero-order valence-corrected chi connectivity index (χ0v) is 12.6. The molecule has 0 aliphatic carbocycles. The third-order valence-corrected chi connectivity index (χ3v) is 3.08. The molecule has 2 N–H and O–H groups in total. The fraction of sp³-hybridized carbons (Fsp3) is 0.267. The van der Waals surface area contributed by atoms with Gasteiger partial charge >= 0.3 is 5.97 Å². The Kier molecular flexibility index (Phi) is 4.77. The number of methoxy groups -OCH3 is 3. The van der Waals surface area contributed by atoms with E-state index in [1.165, 1.54) is 13.3 Å². The number of nitrogens with zero attached hydrogens (tertiary/aromatic N) is 2. The van der Waals surface area contributed by atoms with Crippen LogP contribution in [0.25, 0.3) is 0 Å². The lowest BCUT2D eigenvalue weighted by Gasteiger charge is -2.09. The minimum Gasteiger partial charge on any atom is -0.493 e. The Morgan fingerprint density at radius 1 is 1.18 bits per heavy atom. The van der Waals surface area contributed by atoms with Gasteiger partial charge in [0.15, 0.2) is 11.5 Å². The first-order valence-corrected chi connectivity index (χ1v) is 6.49. The second-order valence-electron chi connectivity index (χ2n) is 4.44. The first-order chi connectivity index (χ1) is 10.6. The summed E-state index contributed by atoms with van der Waals surface area (Å²) in [6.07, 6.45) is 1.82. The average Bonchev–Trinajstić information content (AvgIpc) is 2.54. The molecule has 0 amide bonds. The van der Waals surface area contributed by atoms with E-state index in [4.69, 9.17) is 15.2 Å². The first kappa shape index (κ1) is 15.6. The molecule has 1 heterocycles. The van der Waals surface area contributed by atoms with Gasteiger partial charge in [-0.05, 0) is 17.7 Å². The minimum atomic E-state index is -0.560. The predicted octanol–water partition coefficient (Wildman–Crippen LogP) is 1.45. The van der Waals surface area contributed by atoms with Crippen LogP contribution in [0.4, 0.5) is 5.82 Å². The molecule has 7 heteroatoms. The number of hydrogen-bond acceptors (Lipinski definition) is 7. The van der Waals surface area contributed by atoms with Gasteiger partial charge in [0.1, 0.15) is 17.2 Å². The van der Waals surface area contributed by atoms with Gasteiger partial charge in [0.05, 0.1) is 21.3 Å². The molecular weight excluding hydrogens is 286 g/mol. The number of nitrogen functional groups attached to an aromatic ring is 1. The van der Waals surface area contributed by atoms with Crippen molar-refractivity contribution in [3.63, 3.8) is 0 Å². The minimum absolute atomic E-state index is 0.0947. The predicted molar refractivity (Wildman–Crippen MR) is 80.1 cm³/mol. The zero-order chi connectivity index (χ0) is 16.1. The lowest BCUT2D eigenvalue weighted by Crippen LogP contribution is -2.10. The highest BCUT2D eigenvalue weighted by Gasteiger charge is 2.13. The van der Waals surface area contributed by atoms with E-state index in [0.29, 0.717) is 23.7 Å². The van der Waals surface area contributed by atoms with Crippen molar-refractivity contribution in [1.82, 2.24) is 9.97 Å². The third kappa shape index (κ3) is 3.25. The van der Waals surface area contributed by atoms with Gasteiger partial charge in [-0.15, -0.1) is 0 Å². The molecule has 2 aromatic rings. The van der Waals surface area contributed by atoms with Crippen LogP contribution < -0.4 is 15.2 Å². The highest BCUT2D eigenvalue weighted by Crippen LogP contribution is 2.28. The summed E-state index contributed by atoms with van der Waals surface area (Å²) in [5.41, 5.74) is 6.84. The molecule has 7 nitrogen and oxygen atoms in total. The summed E-state index contributed by atoms with van der Waals surface area (Å²) in [4.78, 5) is 19.7. The van der Waals surface area contributed by atoms with E-state index >= 15 is 0 Å². The molecule has 0 saturated heterocycles. The van der Waals surface area contributed by atoms with Crippen molar-refractivity contribution in [3.05, 3.63) is 41.3 Å². The molecule has 0 radical (unpaired) electrons. The summed E-state index contributed by atoms with van der Waals surface area (Å²) < 4.78 is 15.0. The van der Waals surface area contributed by atoms with Crippen LogP contribution in [-0.4, -0.2) is 37.3 Å². The second-order valence-corrected chi connectivity index (χ2v) is 4.44. The van der Waals surface area contributed by atoms with Gasteiger partial charge in [-0.25, -0.2) is 14.8 Å². The molecule has 1 aromatic carbocycles. The van der Waals surface area contributed by atoms with Crippen LogP contribution in [0.2, 0.25) is 0 Å². The smallest absolute Gasteiger partial charge is 0.343 e. The van der Waals surface area contributed by atoms with E-state index in [0.717, 1.165) is 5.56 Å². The molecule has 0 fully saturated rings. The average molecular weight is 303 g/mol. The van der Waals surface area contributed by atoms with E-state index in [1.807, 2.05) is 12.1 Å². The molecular formula is C15H17N3O4. The maximum atomic E-state index is 11.4. The van der Waals surface area contributed by atoms with Crippen molar-refractivity contribution in [3.8, 4) is 11.5 Å². The molecule has 0 aliphatic heterocycles. The zero-order valence-electron chi connectivity index (χ0n) is 12.6. The highest BCUT2D eigenvalue weighted by molar-refractivity contribution is 5.93. The van der Waals surface area contributed by atoms with Crippen LogP contribution in [0, 0.1) is 0 Å². The molecule has 22 heavy (non-hydrogen) atoms. The lowest BCUT2D eigenvalue weighted by atomic mass is 10.1. The summed E-state index contributed by atoms with van der Waals surface area (Å²) in [6.45, 7) is 0. The van der Waals surface area contributed by atoms with Crippen LogP contribution in [0.3, 0.4) is 0 Å². The van der Waals surface area contributed by atoms with Crippen molar-refractivity contribution in [2.75, 3.05) is 27.1 Å². The maximum absolute atomic E-state index is 11.4. The van der Waals surface area contributed by atoms with Crippen LogP contribution in [0.15, 0.2) is 24.4 Å². The van der Waals surface area contributed by atoms with Gasteiger partial charge in [-0.1, -0.05) is 6.07 Å². The first-order valence-electron chi connectivity index (χ1n) is 6.49. The lowest BCUT2D eigenvalue weighted by molar-refractivity contribution is 0.0601. The number of carbonyl (C=O) groups is 1. The van der Waals surface area contributed by atoms with Crippen LogP contribution in [-0.2, 0) is 11.2 Å². The Labute approximate surface area is 128 Å². The number of benzene rings is 1. The number of anilines is 1. The largest absolute Gasteiger partial charge is 0.493 e. The quantitative estimate of drug-likeness (QED) is 0.835. The normalized spacial score (nSPS) is 10.1. The fourth-order valence-electron chi connectivity index (χ4n) is 1.96. The monoisotopic (exact) mass is 303 g/mol. The van der Waals surface area contributed by atoms with Crippen LogP contribution in [0.5, 0.6) is 11.5 Å². The Balaban J connectivity index is 2.24. The molecule has 0 unspecified atom stereocenters. The number of carbonyl (C=O) groups excluding carboxylic acids is 1. The number of nitrogens with two attached hydrogens (primary N) is 1. The number of rotatable bonds is 5. The summed E-state index contributed by atoms with van der Waals surface area (Å²) in [6, 6.07) is 5.53. The highest BCUT2D eigenvalue weighted by atomic mass is 16.5. The third-order valence-electron chi connectivity index (χ3n) is 3.08. The Morgan fingerprint density at radius 2 is 1.91 bits per heavy atom. The van der Waals surface area contributed by atoms with Crippen molar-refractivity contribution in [2.24, 2.45) is 0 Å². The van der Waals surface area contributed by atoms with Gasteiger partial charge in [0.25, 0.3) is 0 Å². The summed E-state index contributed by atoms with van der Waals surface area (Å²) in [5, 5.41) is 0. The van der Waals surface area contributed by atoms with E-state index in [1.54, 1.807) is 20.3 Å². The van der Waals surface area contributed by atoms with E-state index < -0.39 is 5.97 Å². The van der Waals surface area contributed by atoms with Gasteiger partial charge in [0.2, 0.25) is 0 Å². The SMILES string of the molecule is COC(=O)c1cnc(Cc2ccc(OC)c(OC)c2)nc1N. The maximum Gasteiger partial charge on any atom is 0.343 e. The van der Waals surface area contributed by atoms with Gasteiger partial charge in [0, 0.05) is 12.6 Å². The van der Waals surface area contributed by atoms with Crippen LogP contribution in [0.1, 0.15) is 21.7 Å². The molecule has 0 saturated carbocycles. The molecule has 1 aromatic heterocycles. The number of hydrogen-bond donors (Lipinski definition) is 1. The van der Waals surface area contributed by atoms with Gasteiger partial charge < -0.3 is 19.9 Å².